The van der Waals surface area contributed by atoms with Gasteiger partial charge in [0.25, 0.3) is 0 Å². The summed E-state index contributed by atoms with van der Waals surface area (Å²) in [6, 6.07) is 11.8. The molecule has 1 aromatic carbocycles. The van der Waals surface area contributed by atoms with Gasteiger partial charge in [-0.15, -0.1) is 0 Å². The van der Waals surface area contributed by atoms with Crippen LogP contribution in [0, 0.1) is 34.0 Å². The standard InChI is InChI=1S/C18H16N6OS/c1-2-7-24-13-22-11-16(24)12-26(25)17-5-3-15(4-6-17)23-18(10-21)14(8-19)9-20/h3-6,11,13,23H,2,7,12H2,1H3. The summed E-state index contributed by atoms with van der Waals surface area (Å²) in [6.07, 6.45) is 4.43. The lowest BCUT2D eigenvalue weighted by atomic mass is 10.2. The SMILES string of the molecule is CCCn1cncc1CS(=O)c1ccc(NC(C#N)=C(C#N)C#N)cc1. The van der Waals surface area contributed by atoms with E-state index in [0.717, 1.165) is 18.7 Å². The van der Waals surface area contributed by atoms with Crippen molar-refractivity contribution < 1.29 is 4.21 Å². The van der Waals surface area contributed by atoms with E-state index < -0.39 is 10.8 Å². The van der Waals surface area contributed by atoms with Crippen LogP contribution in [0.15, 0.2) is 53.0 Å². The largest absolute Gasteiger partial charge is 0.345 e. The smallest absolute Gasteiger partial charge is 0.163 e. The summed E-state index contributed by atoms with van der Waals surface area (Å²) in [5.74, 6) is 0.364. The molecule has 0 saturated carbocycles. The van der Waals surface area contributed by atoms with E-state index in [1.165, 1.54) is 0 Å². The summed E-state index contributed by atoms with van der Waals surface area (Å²) >= 11 is 0. The fourth-order valence-electron chi connectivity index (χ4n) is 2.25. The van der Waals surface area contributed by atoms with Crippen LogP contribution in [0.4, 0.5) is 5.69 Å². The number of nitrogens with zero attached hydrogens (tertiary/aromatic N) is 5. The molecular formula is C18H16N6OS. The topological polar surface area (TPSA) is 118 Å². The van der Waals surface area contributed by atoms with Gasteiger partial charge in [0.15, 0.2) is 5.57 Å². The molecule has 1 N–H and O–H groups in total. The van der Waals surface area contributed by atoms with Gasteiger partial charge in [-0.2, -0.15) is 15.8 Å². The average Bonchev–Trinajstić information content (AvgIpc) is 3.09. The Morgan fingerprint density at radius 2 is 1.88 bits per heavy atom. The predicted molar refractivity (Wildman–Crippen MR) is 96.6 cm³/mol. The van der Waals surface area contributed by atoms with Gasteiger partial charge in [0, 0.05) is 23.3 Å². The molecule has 1 heterocycles. The summed E-state index contributed by atoms with van der Waals surface area (Å²) in [6.45, 7) is 2.90. The monoisotopic (exact) mass is 364 g/mol. The molecule has 1 unspecified atom stereocenters. The molecule has 0 aliphatic carbocycles. The number of hydrogen-bond acceptors (Lipinski definition) is 6. The van der Waals surface area contributed by atoms with Crippen LogP contribution in [0.3, 0.4) is 0 Å². The number of rotatable bonds is 7. The molecular weight excluding hydrogens is 348 g/mol. The fraction of sp³-hybridized carbons (Fsp3) is 0.222. The van der Waals surface area contributed by atoms with Crippen molar-refractivity contribution in [3.05, 3.63) is 53.8 Å². The Kier molecular flexibility index (Phi) is 6.68. The number of aromatic nitrogens is 2. The molecule has 1 atom stereocenters. The first-order valence-electron chi connectivity index (χ1n) is 7.82. The van der Waals surface area contributed by atoms with E-state index >= 15 is 0 Å². The minimum atomic E-state index is -1.23. The van der Waals surface area contributed by atoms with Gasteiger partial charge in [0.2, 0.25) is 0 Å². The molecule has 0 saturated heterocycles. The second kappa shape index (κ2) is 9.17. The molecule has 0 spiro atoms. The third kappa shape index (κ3) is 4.57. The van der Waals surface area contributed by atoms with Gasteiger partial charge in [-0.3, -0.25) is 4.21 Å². The first-order valence-corrected chi connectivity index (χ1v) is 9.13. The van der Waals surface area contributed by atoms with Gasteiger partial charge in [-0.1, -0.05) is 6.92 Å². The van der Waals surface area contributed by atoms with Gasteiger partial charge in [-0.25, -0.2) is 4.98 Å². The first-order chi connectivity index (χ1) is 12.6. The van der Waals surface area contributed by atoms with E-state index in [1.807, 2.05) is 4.57 Å². The number of benzene rings is 1. The van der Waals surface area contributed by atoms with Crippen LogP contribution in [0.5, 0.6) is 0 Å². The van der Waals surface area contributed by atoms with Gasteiger partial charge in [0.05, 0.1) is 28.6 Å². The molecule has 7 nitrogen and oxygen atoms in total. The number of nitrogens with one attached hydrogen (secondary N) is 1. The molecule has 0 radical (unpaired) electrons. The molecule has 0 amide bonds. The summed E-state index contributed by atoms with van der Waals surface area (Å²) in [7, 11) is -1.23. The van der Waals surface area contributed by atoms with E-state index in [1.54, 1.807) is 55.0 Å². The van der Waals surface area contributed by atoms with Crippen LogP contribution < -0.4 is 5.32 Å². The molecule has 0 aliphatic rings. The zero-order valence-electron chi connectivity index (χ0n) is 14.1. The van der Waals surface area contributed by atoms with Crippen molar-refractivity contribution in [2.45, 2.75) is 30.5 Å². The maximum atomic E-state index is 12.6. The first kappa shape index (κ1) is 18.9. The minimum absolute atomic E-state index is 0.118. The summed E-state index contributed by atoms with van der Waals surface area (Å²) < 4.78 is 14.6. The van der Waals surface area contributed by atoms with Crippen LogP contribution in [0.1, 0.15) is 19.0 Å². The lowest BCUT2D eigenvalue weighted by Crippen LogP contribution is -2.05. The highest BCUT2D eigenvalue weighted by Crippen LogP contribution is 2.18. The third-order valence-corrected chi connectivity index (χ3v) is 4.87. The number of hydrogen-bond donors (Lipinski definition) is 1. The van der Waals surface area contributed by atoms with Crippen molar-refractivity contribution in [3.8, 4) is 18.2 Å². The van der Waals surface area contributed by atoms with Crippen LogP contribution in [0.2, 0.25) is 0 Å². The molecule has 0 bridgehead atoms. The van der Waals surface area contributed by atoms with Gasteiger partial charge in [0.1, 0.15) is 23.9 Å². The van der Waals surface area contributed by atoms with Crippen molar-refractivity contribution in [1.82, 2.24) is 9.55 Å². The van der Waals surface area contributed by atoms with E-state index in [0.29, 0.717) is 16.3 Å². The van der Waals surface area contributed by atoms with E-state index in [2.05, 4.69) is 17.2 Å². The number of imidazole rings is 1. The molecule has 130 valence electrons. The average molecular weight is 364 g/mol. The normalized spacial score (nSPS) is 10.8. The van der Waals surface area contributed by atoms with Crippen molar-refractivity contribution in [2.24, 2.45) is 0 Å². The van der Waals surface area contributed by atoms with Crippen LogP contribution in [-0.2, 0) is 23.1 Å². The molecule has 0 fully saturated rings. The highest BCUT2D eigenvalue weighted by molar-refractivity contribution is 7.84. The molecule has 8 heteroatoms. The summed E-state index contributed by atoms with van der Waals surface area (Å²) in [5.41, 5.74) is 1.03. The highest BCUT2D eigenvalue weighted by atomic mass is 32.2. The van der Waals surface area contributed by atoms with E-state index in [4.69, 9.17) is 15.8 Å². The number of allylic oxidation sites excluding steroid dienone is 2. The summed E-state index contributed by atoms with van der Waals surface area (Å²) in [5, 5.41) is 29.4. The maximum absolute atomic E-state index is 12.6. The van der Waals surface area contributed by atoms with Crippen LogP contribution in [-0.4, -0.2) is 13.8 Å². The van der Waals surface area contributed by atoms with Crippen LogP contribution >= 0.6 is 0 Å². The maximum Gasteiger partial charge on any atom is 0.163 e. The van der Waals surface area contributed by atoms with Gasteiger partial charge >= 0.3 is 0 Å². The number of aryl methyl sites for hydroxylation is 1. The van der Waals surface area contributed by atoms with Gasteiger partial charge < -0.3 is 9.88 Å². The van der Waals surface area contributed by atoms with Crippen LogP contribution in [0.25, 0.3) is 0 Å². The van der Waals surface area contributed by atoms with E-state index in [-0.39, 0.29) is 11.3 Å². The lowest BCUT2D eigenvalue weighted by molar-refractivity contribution is 0.652. The van der Waals surface area contributed by atoms with Crippen molar-refractivity contribution in [3.63, 3.8) is 0 Å². The Hall–Kier alpha value is -3.41. The van der Waals surface area contributed by atoms with E-state index in [9.17, 15) is 4.21 Å². The molecule has 2 aromatic rings. The van der Waals surface area contributed by atoms with Crippen molar-refractivity contribution >= 4 is 16.5 Å². The second-order valence-corrected chi connectivity index (χ2v) is 6.75. The minimum Gasteiger partial charge on any atom is -0.345 e. The molecule has 1 aromatic heterocycles. The molecule has 26 heavy (non-hydrogen) atoms. The Bertz CT molecular complexity index is 937. The zero-order valence-corrected chi connectivity index (χ0v) is 15.0. The van der Waals surface area contributed by atoms with Crippen molar-refractivity contribution in [2.75, 3.05) is 5.32 Å². The van der Waals surface area contributed by atoms with Gasteiger partial charge in [-0.05, 0) is 30.7 Å². The Balaban J connectivity index is 2.12. The lowest BCUT2D eigenvalue weighted by Gasteiger charge is -2.08. The number of anilines is 1. The molecule has 0 aliphatic heterocycles. The predicted octanol–water partition coefficient (Wildman–Crippen LogP) is 2.84. The highest BCUT2D eigenvalue weighted by Gasteiger charge is 2.10. The Morgan fingerprint density at radius 3 is 2.46 bits per heavy atom. The summed E-state index contributed by atoms with van der Waals surface area (Å²) in [4.78, 5) is 4.75. The molecule has 2 rings (SSSR count). The van der Waals surface area contributed by atoms with Crippen molar-refractivity contribution in [1.29, 1.82) is 15.8 Å². The number of nitriles is 3. The Morgan fingerprint density at radius 1 is 1.19 bits per heavy atom. The second-order valence-electron chi connectivity index (χ2n) is 5.30. The quantitative estimate of drug-likeness (QED) is 0.755. The fourth-order valence-corrected chi connectivity index (χ4v) is 3.36. The third-order valence-electron chi connectivity index (χ3n) is 3.51. The Labute approximate surface area is 154 Å². The zero-order chi connectivity index (χ0) is 18.9.